The van der Waals surface area contributed by atoms with E-state index in [9.17, 15) is 30.3 Å². The second-order valence-electron chi connectivity index (χ2n) is 16.2. The third-order valence-corrected chi connectivity index (χ3v) is 10.9. The highest BCUT2D eigenvalue weighted by atomic mass is 16.7. The van der Waals surface area contributed by atoms with Crippen LogP contribution in [0.4, 0.5) is 0 Å². The Balaban J connectivity index is 2.21. The van der Waals surface area contributed by atoms with E-state index in [2.05, 4.69) is 42.6 Å². The Morgan fingerprint density at radius 3 is 1.58 bits per heavy atom. The van der Waals surface area contributed by atoms with Crippen LogP contribution in [0.3, 0.4) is 0 Å². The summed E-state index contributed by atoms with van der Waals surface area (Å²) in [6.45, 7) is 3.51. The van der Waals surface area contributed by atoms with Crippen molar-refractivity contribution < 1.29 is 39.8 Å². The van der Waals surface area contributed by atoms with Gasteiger partial charge in [0.15, 0.2) is 6.29 Å². The SMILES string of the molecule is C/C=C/CC/C=C/CC/C=C/C(O)C(COC1OC(CO)C(O)C(O)C1O)NC(=O)CCCCCCCCCCCCCCC/C=C\CCCCCCCCCC. The van der Waals surface area contributed by atoms with Gasteiger partial charge in [0, 0.05) is 6.42 Å². The van der Waals surface area contributed by atoms with Crippen LogP contribution in [0.1, 0.15) is 194 Å². The van der Waals surface area contributed by atoms with Crippen LogP contribution in [-0.2, 0) is 14.3 Å². The van der Waals surface area contributed by atoms with E-state index in [0.29, 0.717) is 6.42 Å². The third kappa shape index (κ3) is 29.1. The molecule has 0 aromatic heterocycles. The van der Waals surface area contributed by atoms with Crippen molar-refractivity contribution in [1.82, 2.24) is 5.32 Å². The molecule has 0 bridgehead atoms. The number of aliphatic hydroxyl groups excluding tert-OH is 5. The first kappa shape index (κ1) is 53.2. The highest BCUT2D eigenvalue weighted by Gasteiger charge is 2.44. The van der Waals surface area contributed by atoms with E-state index < -0.39 is 49.5 Å². The lowest BCUT2D eigenvalue weighted by molar-refractivity contribution is -0.302. The van der Waals surface area contributed by atoms with Crippen molar-refractivity contribution in [2.75, 3.05) is 13.2 Å². The van der Waals surface area contributed by atoms with Crippen LogP contribution in [0.2, 0.25) is 0 Å². The fourth-order valence-corrected chi connectivity index (χ4v) is 7.19. The number of hydrogen-bond donors (Lipinski definition) is 6. The van der Waals surface area contributed by atoms with Crippen LogP contribution in [0.25, 0.3) is 0 Å². The van der Waals surface area contributed by atoms with Crippen LogP contribution in [0.5, 0.6) is 0 Å². The number of nitrogens with one attached hydrogen (secondary N) is 1. The summed E-state index contributed by atoms with van der Waals surface area (Å²) in [4.78, 5) is 12.9. The lowest BCUT2D eigenvalue weighted by Crippen LogP contribution is -2.60. The zero-order chi connectivity index (χ0) is 41.6. The van der Waals surface area contributed by atoms with Crippen molar-refractivity contribution in [3.8, 4) is 0 Å². The summed E-state index contributed by atoms with van der Waals surface area (Å²) >= 11 is 0. The van der Waals surface area contributed by atoms with E-state index in [1.54, 1.807) is 6.08 Å². The molecule has 332 valence electrons. The van der Waals surface area contributed by atoms with Gasteiger partial charge in [0.2, 0.25) is 5.91 Å². The fourth-order valence-electron chi connectivity index (χ4n) is 7.19. The molecule has 0 aliphatic carbocycles. The third-order valence-electron chi connectivity index (χ3n) is 10.9. The Bertz CT molecular complexity index is 1030. The first-order chi connectivity index (χ1) is 27.8. The minimum Gasteiger partial charge on any atom is -0.394 e. The lowest BCUT2D eigenvalue weighted by atomic mass is 9.99. The molecular weight excluding hydrogens is 719 g/mol. The summed E-state index contributed by atoms with van der Waals surface area (Å²) < 4.78 is 11.2. The van der Waals surface area contributed by atoms with E-state index in [4.69, 9.17) is 9.47 Å². The Morgan fingerprint density at radius 1 is 0.614 bits per heavy atom. The number of carbonyl (C=O) groups is 1. The lowest BCUT2D eigenvalue weighted by Gasteiger charge is -2.40. The maximum absolute atomic E-state index is 12.9. The van der Waals surface area contributed by atoms with Gasteiger partial charge in [0.05, 0.1) is 25.4 Å². The molecule has 0 spiro atoms. The largest absolute Gasteiger partial charge is 0.394 e. The van der Waals surface area contributed by atoms with Gasteiger partial charge in [-0.15, -0.1) is 0 Å². The number of carbonyl (C=O) groups excluding carboxylic acids is 1. The van der Waals surface area contributed by atoms with Crippen LogP contribution < -0.4 is 5.32 Å². The molecule has 1 heterocycles. The Morgan fingerprint density at radius 2 is 1.07 bits per heavy atom. The molecule has 6 N–H and O–H groups in total. The summed E-state index contributed by atoms with van der Waals surface area (Å²) in [5, 5.41) is 54.0. The molecule has 0 aromatic carbocycles. The number of aliphatic hydroxyl groups is 5. The zero-order valence-corrected chi connectivity index (χ0v) is 36.3. The molecule has 9 heteroatoms. The molecule has 0 aromatic rings. The minimum atomic E-state index is -1.57. The molecule has 1 aliphatic heterocycles. The predicted octanol–water partition coefficient (Wildman–Crippen LogP) is 9.84. The molecule has 0 radical (unpaired) electrons. The molecule has 1 fully saturated rings. The van der Waals surface area contributed by atoms with E-state index in [0.717, 1.165) is 44.9 Å². The molecule has 7 unspecified atom stereocenters. The van der Waals surface area contributed by atoms with Crippen molar-refractivity contribution >= 4 is 5.91 Å². The van der Waals surface area contributed by atoms with Gasteiger partial charge in [-0.1, -0.05) is 171 Å². The van der Waals surface area contributed by atoms with Crippen molar-refractivity contribution in [3.63, 3.8) is 0 Å². The van der Waals surface area contributed by atoms with Gasteiger partial charge in [-0.3, -0.25) is 4.79 Å². The summed E-state index contributed by atoms with van der Waals surface area (Å²) in [6, 6.07) is -0.825. The van der Waals surface area contributed by atoms with Crippen LogP contribution in [-0.4, -0.2) is 87.5 Å². The second-order valence-corrected chi connectivity index (χ2v) is 16.2. The first-order valence-electron chi connectivity index (χ1n) is 23.3. The molecular formula is C48H87NO8. The predicted molar refractivity (Wildman–Crippen MR) is 235 cm³/mol. The number of rotatable bonds is 38. The van der Waals surface area contributed by atoms with E-state index >= 15 is 0 Å². The second kappa shape index (κ2) is 38.4. The molecule has 1 rings (SSSR count). The topological polar surface area (TPSA) is 149 Å². The summed E-state index contributed by atoms with van der Waals surface area (Å²) in [7, 11) is 0. The molecule has 1 amide bonds. The first-order valence-corrected chi connectivity index (χ1v) is 23.3. The maximum Gasteiger partial charge on any atom is 0.220 e. The van der Waals surface area contributed by atoms with Crippen molar-refractivity contribution in [2.24, 2.45) is 0 Å². The van der Waals surface area contributed by atoms with Gasteiger partial charge in [-0.05, 0) is 64.7 Å². The molecule has 9 nitrogen and oxygen atoms in total. The van der Waals surface area contributed by atoms with Gasteiger partial charge in [0.25, 0.3) is 0 Å². The van der Waals surface area contributed by atoms with Crippen LogP contribution in [0.15, 0.2) is 48.6 Å². The van der Waals surface area contributed by atoms with Gasteiger partial charge in [-0.2, -0.15) is 0 Å². The Hall–Kier alpha value is -1.85. The molecule has 7 atom stereocenters. The van der Waals surface area contributed by atoms with E-state index in [1.165, 1.54) is 128 Å². The van der Waals surface area contributed by atoms with Gasteiger partial charge >= 0.3 is 0 Å². The van der Waals surface area contributed by atoms with Crippen LogP contribution >= 0.6 is 0 Å². The minimum absolute atomic E-state index is 0.195. The molecule has 0 saturated carbocycles. The van der Waals surface area contributed by atoms with E-state index in [1.807, 2.05) is 19.1 Å². The normalized spacial score (nSPS) is 21.4. The number of hydrogen-bond acceptors (Lipinski definition) is 8. The number of allylic oxidation sites excluding steroid dienone is 7. The maximum atomic E-state index is 12.9. The molecule has 1 saturated heterocycles. The van der Waals surface area contributed by atoms with E-state index in [-0.39, 0.29) is 12.5 Å². The van der Waals surface area contributed by atoms with Gasteiger partial charge < -0.3 is 40.3 Å². The average Bonchev–Trinajstić information content (AvgIpc) is 3.21. The fraction of sp³-hybridized carbons (Fsp3) is 0.812. The van der Waals surface area contributed by atoms with Crippen molar-refractivity contribution in [2.45, 2.75) is 236 Å². The number of unbranched alkanes of at least 4 members (excludes halogenated alkanes) is 23. The highest BCUT2D eigenvalue weighted by molar-refractivity contribution is 5.76. The standard InChI is InChI=1S/C48H87NO8/c1-3-5-7-9-11-13-14-15-16-17-18-19-20-21-22-23-24-25-26-27-28-30-32-34-36-38-44(52)49-41(42(51)37-35-33-31-29-12-10-8-6-4-2)40-56-48-47(55)46(54)45(53)43(39-50)57-48/h4,6,12,17-18,29,35,37,41-43,45-48,50-51,53-55H,3,5,7-11,13-16,19-28,30-34,36,38-40H2,1-2H3,(H,49,52)/b6-4+,18-17-,29-12+,37-35+. The molecule has 1 aliphatic rings. The quantitative estimate of drug-likeness (QED) is 0.0267. The van der Waals surface area contributed by atoms with Gasteiger partial charge in [-0.25, -0.2) is 0 Å². The zero-order valence-electron chi connectivity index (χ0n) is 36.3. The van der Waals surface area contributed by atoms with Crippen LogP contribution in [0, 0.1) is 0 Å². The Kier molecular flexibility index (Phi) is 35.8. The monoisotopic (exact) mass is 806 g/mol. The van der Waals surface area contributed by atoms with Crippen molar-refractivity contribution in [3.05, 3.63) is 48.6 Å². The van der Waals surface area contributed by atoms with Crippen molar-refractivity contribution in [1.29, 1.82) is 0 Å². The molecule has 57 heavy (non-hydrogen) atoms. The summed E-state index contributed by atoms with van der Waals surface area (Å²) in [5.74, 6) is -0.195. The Labute approximate surface area is 348 Å². The summed E-state index contributed by atoms with van der Waals surface area (Å²) in [6.07, 6.45) is 42.0. The smallest absolute Gasteiger partial charge is 0.220 e. The van der Waals surface area contributed by atoms with Gasteiger partial charge in [0.1, 0.15) is 24.4 Å². The highest BCUT2D eigenvalue weighted by Crippen LogP contribution is 2.22. The average molecular weight is 806 g/mol. The summed E-state index contributed by atoms with van der Waals surface area (Å²) in [5.41, 5.74) is 0. The number of amides is 1. The number of ether oxygens (including phenoxy) is 2.